The highest BCUT2D eigenvalue weighted by molar-refractivity contribution is 5.90. The van der Waals surface area contributed by atoms with Gasteiger partial charge in [0.2, 0.25) is 5.91 Å². The number of amides is 2. The molecule has 0 aromatic heterocycles. The Balaban J connectivity index is 1.99. The van der Waals surface area contributed by atoms with Gasteiger partial charge in [-0.3, -0.25) is 9.59 Å². The molecule has 1 aromatic rings. The first-order valence-corrected chi connectivity index (χ1v) is 6.03. The van der Waals surface area contributed by atoms with Crippen LogP contribution in [-0.2, 0) is 20.8 Å². The molecule has 2 amide bonds. The van der Waals surface area contributed by atoms with Gasteiger partial charge in [0.05, 0.1) is 6.42 Å². The summed E-state index contributed by atoms with van der Waals surface area (Å²) in [5.74, 6) is -2.08. The van der Waals surface area contributed by atoms with Crippen LogP contribution < -0.4 is 15.8 Å². The number of ether oxygens (including phenoxy) is 1. The van der Waals surface area contributed by atoms with Crippen molar-refractivity contribution >= 4 is 17.8 Å². The molecule has 1 heterocycles. The molecule has 1 aromatic carbocycles. The predicted octanol–water partition coefficient (Wildman–Crippen LogP) is -0.565. The average molecular weight is 278 g/mol. The molecule has 1 aliphatic heterocycles. The summed E-state index contributed by atoms with van der Waals surface area (Å²) in [4.78, 5) is 33.7. The Bertz CT molecular complexity index is 532. The van der Waals surface area contributed by atoms with Gasteiger partial charge in [-0.05, 0) is 11.6 Å². The average Bonchev–Trinajstić information content (AvgIpc) is 2.81. The van der Waals surface area contributed by atoms with Gasteiger partial charge in [0.1, 0.15) is 11.8 Å². The first-order chi connectivity index (χ1) is 9.47. The van der Waals surface area contributed by atoms with Crippen molar-refractivity contribution in [2.24, 2.45) is 5.73 Å². The minimum absolute atomic E-state index is 0.366. The third-order valence-corrected chi connectivity index (χ3v) is 2.96. The van der Waals surface area contributed by atoms with E-state index in [-0.39, 0.29) is 0 Å². The lowest BCUT2D eigenvalue weighted by Crippen LogP contribution is -2.48. The standard InChI is InChI=1S/C13H14N2O5/c14-11(16)6-8(13(18)19)15-12(17)10-5-7-3-1-2-4-9(7)20-10/h1-4,8,10H,5-6H2,(H2,14,16)(H,15,17)(H,18,19)/t8-,10?/m0/s1. The van der Waals surface area contributed by atoms with Crippen LogP contribution in [-0.4, -0.2) is 35.0 Å². The third kappa shape index (κ3) is 3.05. The Morgan fingerprint density at radius 3 is 2.70 bits per heavy atom. The van der Waals surface area contributed by atoms with Gasteiger partial charge < -0.3 is 20.9 Å². The van der Waals surface area contributed by atoms with E-state index in [0.717, 1.165) is 5.56 Å². The van der Waals surface area contributed by atoms with Crippen LogP contribution in [0.15, 0.2) is 24.3 Å². The number of hydrogen-bond donors (Lipinski definition) is 3. The molecule has 1 aliphatic rings. The summed E-state index contributed by atoms with van der Waals surface area (Å²) in [7, 11) is 0. The molecule has 0 saturated carbocycles. The fraction of sp³-hybridized carbons (Fsp3) is 0.308. The monoisotopic (exact) mass is 278 g/mol. The summed E-state index contributed by atoms with van der Waals surface area (Å²) in [6.45, 7) is 0. The number of rotatable bonds is 5. The fourth-order valence-corrected chi connectivity index (χ4v) is 1.99. The highest BCUT2D eigenvalue weighted by atomic mass is 16.5. The quantitative estimate of drug-likeness (QED) is 0.666. The van der Waals surface area contributed by atoms with Gasteiger partial charge in [-0.15, -0.1) is 0 Å². The molecule has 2 rings (SSSR count). The molecule has 0 saturated heterocycles. The van der Waals surface area contributed by atoms with E-state index in [2.05, 4.69) is 5.32 Å². The number of carbonyl (C=O) groups excluding carboxylic acids is 2. The van der Waals surface area contributed by atoms with Gasteiger partial charge in [0, 0.05) is 6.42 Å². The van der Waals surface area contributed by atoms with E-state index < -0.39 is 36.4 Å². The molecule has 20 heavy (non-hydrogen) atoms. The topological polar surface area (TPSA) is 119 Å². The molecule has 0 spiro atoms. The zero-order valence-electron chi connectivity index (χ0n) is 10.5. The van der Waals surface area contributed by atoms with Crippen molar-refractivity contribution in [1.82, 2.24) is 5.32 Å². The van der Waals surface area contributed by atoms with E-state index in [1.165, 1.54) is 0 Å². The molecule has 106 valence electrons. The lowest BCUT2D eigenvalue weighted by molar-refractivity contribution is -0.144. The number of primary amides is 1. The summed E-state index contributed by atoms with van der Waals surface area (Å²) in [6.07, 6.45) is -0.881. The zero-order chi connectivity index (χ0) is 14.7. The summed E-state index contributed by atoms with van der Waals surface area (Å²) >= 11 is 0. The second-order valence-electron chi connectivity index (χ2n) is 4.49. The maximum Gasteiger partial charge on any atom is 0.326 e. The molecule has 0 bridgehead atoms. The minimum Gasteiger partial charge on any atom is -0.480 e. The van der Waals surface area contributed by atoms with E-state index in [1.54, 1.807) is 12.1 Å². The normalized spacial score (nSPS) is 17.7. The second-order valence-corrected chi connectivity index (χ2v) is 4.49. The zero-order valence-corrected chi connectivity index (χ0v) is 10.5. The Hall–Kier alpha value is -2.57. The molecule has 2 atom stereocenters. The van der Waals surface area contributed by atoms with Gasteiger partial charge in [-0.2, -0.15) is 0 Å². The SMILES string of the molecule is NC(=O)C[C@H](NC(=O)C1Cc2ccccc2O1)C(=O)O. The maximum absolute atomic E-state index is 12.0. The summed E-state index contributed by atoms with van der Waals surface area (Å²) in [5, 5.41) is 11.2. The molecular weight excluding hydrogens is 264 g/mol. The van der Waals surface area contributed by atoms with Crippen LogP contribution in [0.3, 0.4) is 0 Å². The van der Waals surface area contributed by atoms with Gasteiger partial charge in [-0.25, -0.2) is 4.79 Å². The van der Waals surface area contributed by atoms with Gasteiger partial charge in [0.15, 0.2) is 6.10 Å². The Kier molecular flexibility index (Phi) is 3.88. The maximum atomic E-state index is 12.0. The van der Waals surface area contributed by atoms with Crippen molar-refractivity contribution < 1.29 is 24.2 Å². The van der Waals surface area contributed by atoms with Crippen molar-refractivity contribution in [2.75, 3.05) is 0 Å². The number of aliphatic carboxylic acids is 1. The van der Waals surface area contributed by atoms with Gasteiger partial charge in [-0.1, -0.05) is 18.2 Å². The van der Waals surface area contributed by atoms with Crippen molar-refractivity contribution in [2.45, 2.75) is 25.0 Å². The van der Waals surface area contributed by atoms with Crippen LogP contribution >= 0.6 is 0 Å². The second kappa shape index (κ2) is 5.60. The number of nitrogens with one attached hydrogen (secondary N) is 1. The van der Waals surface area contributed by atoms with Crippen LogP contribution in [0.5, 0.6) is 5.75 Å². The Labute approximate surface area is 114 Å². The van der Waals surface area contributed by atoms with Crippen molar-refractivity contribution in [3.05, 3.63) is 29.8 Å². The van der Waals surface area contributed by atoms with Crippen molar-refractivity contribution in [3.63, 3.8) is 0 Å². The molecule has 0 fully saturated rings. The van der Waals surface area contributed by atoms with Crippen LogP contribution in [0.4, 0.5) is 0 Å². The highest BCUT2D eigenvalue weighted by Gasteiger charge is 2.32. The third-order valence-electron chi connectivity index (χ3n) is 2.96. The number of para-hydroxylation sites is 1. The van der Waals surface area contributed by atoms with Crippen LogP contribution in [0.1, 0.15) is 12.0 Å². The van der Waals surface area contributed by atoms with Gasteiger partial charge in [0.25, 0.3) is 5.91 Å². The Morgan fingerprint density at radius 2 is 2.10 bits per heavy atom. The number of carboxylic acid groups (broad SMARTS) is 1. The number of carbonyl (C=O) groups is 3. The first kappa shape index (κ1) is 13.9. The molecule has 7 nitrogen and oxygen atoms in total. The molecule has 0 radical (unpaired) electrons. The predicted molar refractivity (Wildman–Crippen MR) is 67.9 cm³/mol. The summed E-state index contributed by atoms with van der Waals surface area (Å²) in [6, 6.07) is 5.84. The number of nitrogens with two attached hydrogens (primary N) is 1. The van der Waals surface area contributed by atoms with Crippen LogP contribution in [0, 0.1) is 0 Å². The lowest BCUT2D eigenvalue weighted by Gasteiger charge is -2.16. The largest absolute Gasteiger partial charge is 0.480 e. The number of fused-ring (bicyclic) bond motifs is 1. The molecule has 1 unspecified atom stereocenters. The van der Waals surface area contributed by atoms with E-state index in [1.807, 2.05) is 12.1 Å². The van der Waals surface area contributed by atoms with E-state index >= 15 is 0 Å². The molecule has 7 heteroatoms. The van der Waals surface area contributed by atoms with E-state index in [4.69, 9.17) is 15.6 Å². The molecule has 4 N–H and O–H groups in total. The van der Waals surface area contributed by atoms with Crippen LogP contribution in [0.25, 0.3) is 0 Å². The smallest absolute Gasteiger partial charge is 0.326 e. The number of benzene rings is 1. The molecular formula is C13H14N2O5. The van der Waals surface area contributed by atoms with Crippen LogP contribution in [0.2, 0.25) is 0 Å². The first-order valence-electron chi connectivity index (χ1n) is 6.03. The summed E-state index contributed by atoms with van der Waals surface area (Å²) < 4.78 is 5.43. The van der Waals surface area contributed by atoms with E-state index in [9.17, 15) is 14.4 Å². The Morgan fingerprint density at radius 1 is 1.40 bits per heavy atom. The van der Waals surface area contributed by atoms with Gasteiger partial charge >= 0.3 is 5.97 Å². The van der Waals surface area contributed by atoms with E-state index in [0.29, 0.717) is 12.2 Å². The summed E-state index contributed by atoms with van der Waals surface area (Å²) in [5.41, 5.74) is 5.83. The fourth-order valence-electron chi connectivity index (χ4n) is 1.99. The van der Waals surface area contributed by atoms with Crippen molar-refractivity contribution in [1.29, 1.82) is 0 Å². The number of carboxylic acids is 1. The molecule has 0 aliphatic carbocycles. The van der Waals surface area contributed by atoms with Crippen molar-refractivity contribution in [3.8, 4) is 5.75 Å². The minimum atomic E-state index is -1.34. The number of hydrogen-bond acceptors (Lipinski definition) is 4. The lowest BCUT2D eigenvalue weighted by atomic mass is 10.1. The highest BCUT2D eigenvalue weighted by Crippen LogP contribution is 2.28.